The van der Waals surface area contributed by atoms with Gasteiger partial charge in [0.2, 0.25) is 5.88 Å². The molecule has 1 aromatic carbocycles. The Bertz CT molecular complexity index is 1400. The predicted molar refractivity (Wildman–Crippen MR) is 143 cm³/mol. The smallest absolute Gasteiger partial charge is 0.220 e. The van der Waals surface area contributed by atoms with Crippen molar-refractivity contribution in [1.29, 1.82) is 0 Å². The molecule has 0 radical (unpaired) electrons. The maximum absolute atomic E-state index is 11.8. The van der Waals surface area contributed by atoms with Gasteiger partial charge < -0.3 is 14.2 Å². The quantitative estimate of drug-likeness (QED) is 0.407. The molecule has 7 heteroatoms. The van der Waals surface area contributed by atoms with Crippen LogP contribution in [0.2, 0.25) is 0 Å². The molecule has 4 aliphatic rings. The number of aromatic nitrogens is 3. The highest BCUT2D eigenvalue weighted by molar-refractivity contribution is 5.95. The van der Waals surface area contributed by atoms with E-state index in [4.69, 9.17) is 24.2 Å². The molecule has 0 unspecified atom stereocenters. The first-order chi connectivity index (χ1) is 18.5. The molecule has 3 aliphatic carbocycles. The van der Waals surface area contributed by atoms with Crippen LogP contribution in [0.15, 0.2) is 30.3 Å². The first kappa shape index (κ1) is 24.2. The van der Waals surface area contributed by atoms with Crippen LogP contribution in [0.3, 0.4) is 0 Å². The Balaban J connectivity index is 1.40. The SMILES string of the molecule is C[C@@H]1[C@H]2CCc3c(OC4CCCC4)nc(-c4cc(C=O)nc5ccccc45)nc3[C@]2(C)CCC12OCCO2. The average molecular weight is 514 g/mol. The Hall–Kier alpha value is -2.90. The van der Waals surface area contributed by atoms with Gasteiger partial charge in [-0.1, -0.05) is 32.0 Å². The fourth-order valence-corrected chi connectivity index (χ4v) is 7.73. The second-order valence-electron chi connectivity index (χ2n) is 11.8. The molecule has 0 bridgehead atoms. The summed E-state index contributed by atoms with van der Waals surface area (Å²) in [4.78, 5) is 26.7. The molecule has 2 saturated carbocycles. The number of aldehydes is 1. The van der Waals surface area contributed by atoms with Crippen LogP contribution in [0.4, 0.5) is 0 Å². The number of benzene rings is 1. The van der Waals surface area contributed by atoms with E-state index in [0.29, 0.717) is 30.7 Å². The van der Waals surface area contributed by atoms with E-state index in [1.807, 2.05) is 30.3 Å². The molecular weight excluding hydrogens is 478 g/mol. The van der Waals surface area contributed by atoms with Crippen molar-refractivity contribution in [3.8, 4) is 17.3 Å². The van der Waals surface area contributed by atoms with Gasteiger partial charge in [0.05, 0.1) is 24.4 Å². The summed E-state index contributed by atoms with van der Waals surface area (Å²) in [5, 5.41) is 0.936. The van der Waals surface area contributed by atoms with Crippen molar-refractivity contribution in [2.24, 2.45) is 11.8 Å². The molecule has 3 aromatic rings. The van der Waals surface area contributed by atoms with Gasteiger partial charge in [0.15, 0.2) is 17.9 Å². The summed E-state index contributed by atoms with van der Waals surface area (Å²) in [5.74, 6) is 1.51. The van der Waals surface area contributed by atoms with Crippen molar-refractivity contribution >= 4 is 17.2 Å². The van der Waals surface area contributed by atoms with Crippen LogP contribution in [0.25, 0.3) is 22.3 Å². The predicted octanol–water partition coefficient (Wildman–Crippen LogP) is 5.82. The number of rotatable bonds is 4. The fourth-order valence-electron chi connectivity index (χ4n) is 7.73. The van der Waals surface area contributed by atoms with Crippen molar-refractivity contribution in [3.63, 3.8) is 0 Å². The highest BCUT2D eigenvalue weighted by Crippen LogP contribution is 2.57. The minimum absolute atomic E-state index is 0.143. The van der Waals surface area contributed by atoms with Crippen molar-refractivity contribution in [3.05, 3.63) is 47.3 Å². The van der Waals surface area contributed by atoms with Crippen molar-refractivity contribution in [2.75, 3.05) is 13.2 Å². The molecule has 1 aliphatic heterocycles. The topological polar surface area (TPSA) is 83.4 Å². The number of carbonyl (C=O) groups is 1. The largest absolute Gasteiger partial charge is 0.474 e. The van der Waals surface area contributed by atoms with E-state index in [2.05, 4.69) is 18.8 Å². The summed E-state index contributed by atoms with van der Waals surface area (Å²) >= 11 is 0. The molecule has 7 rings (SSSR count). The molecular formula is C31H35N3O4. The lowest BCUT2D eigenvalue weighted by Crippen LogP contribution is -2.55. The number of carbonyl (C=O) groups excluding carboxylic acids is 1. The van der Waals surface area contributed by atoms with Crippen LogP contribution in [0.1, 0.15) is 80.5 Å². The Morgan fingerprint density at radius 3 is 2.61 bits per heavy atom. The number of para-hydroxylation sites is 1. The van der Waals surface area contributed by atoms with E-state index < -0.39 is 5.79 Å². The number of ether oxygens (including phenoxy) is 3. The fraction of sp³-hybridized carbons (Fsp3) is 0.548. The number of hydrogen-bond acceptors (Lipinski definition) is 7. The molecule has 2 aromatic heterocycles. The molecule has 198 valence electrons. The van der Waals surface area contributed by atoms with E-state index in [-0.39, 0.29) is 17.4 Å². The van der Waals surface area contributed by atoms with Crippen molar-refractivity contribution < 1.29 is 19.0 Å². The summed E-state index contributed by atoms with van der Waals surface area (Å²) in [6.07, 6.45) is 9.23. The van der Waals surface area contributed by atoms with Gasteiger partial charge in [0, 0.05) is 34.3 Å². The van der Waals surface area contributed by atoms with Gasteiger partial charge in [-0.15, -0.1) is 0 Å². The van der Waals surface area contributed by atoms with E-state index in [1.165, 1.54) is 12.8 Å². The monoisotopic (exact) mass is 513 g/mol. The zero-order valence-corrected chi connectivity index (χ0v) is 22.2. The second kappa shape index (κ2) is 9.09. The van der Waals surface area contributed by atoms with E-state index in [0.717, 1.165) is 78.4 Å². The van der Waals surface area contributed by atoms with E-state index >= 15 is 0 Å². The lowest BCUT2D eigenvalue weighted by molar-refractivity contribution is -0.234. The van der Waals surface area contributed by atoms with Crippen LogP contribution in [0, 0.1) is 11.8 Å². The maximum Gasteiger partial charge on any atom is 0.220 e. The lowest BCUT2D eigenvalue weighted by Gasteiger charge is -2.54. The van der Waals surface area contributed by atoms with Gasteiger partial charge in [-0.2, -0.15) is 4.98 Å². The summed E-state index contributed by atoms with van der Waals surface area (Å²) in [5.41, 5.74) is 4.08. The van der Waals surface area contributed by atoms with Gasteiger partial charge in [-0.25, -0.2) is 9.97 Å². The summed E-state index contributed by atoms with van der Waals surface area (Å²) < 4.78 is 19.1. The number of fused-ring (bicyclic) bond motifs is 4. The zero-order valence-electron chi connectivity index (χ0n) is 22.2. The van der Waals surface area contributed by atoms with E-state index in [9.17, 15) is 4.79 Å². The molecule has 3 atom stereocenters. The van der Waals surface area contributed by atoms with Gasteiger partial charge in [-0.3, -0.25) is 4.79 Å². The first-order valence-corrected chi connectivity index (χ1v) is 14.2. The van der Waals surface area contributed by atoms with Gasteiger partial charge >= 0.3 is 0 Å². The molecule has 7 nitrogen and oxygen atoms in total. The van der Waals surface area contributed by atoms with Crippen LogP contribution < -0.4 is 4.74 Å². The van der Waals surface area contributed by atoms with Crippen LogP contribution >= 0.6 is 0 Å². The van der Waals surface area contributed by atoms with Crippen molar-refractivity contribution in [1.82, 2.24) is 15.0 Å². The highest BCUT2D eigenvalue weighted by Gasteiger charge is 2.58. The summed E-state index contributed by atoms with van der Waals surface area (Å²) in [6, 6.07) is 9.70. The molecule has 1 spiro atoms. The first-order valence-electron chi connectivity index (χ1n) is 14.2. The third-order valence-electron chi connectivity index (χ3n) is 9.78. The molecule has 3 heterocycles. The van der Waals surface area contributed by atoms with Gasteiger partial charge in [0.25, 0.3) is 0 Å². The summed E-state index contributed by atoms with van der Waals surface area (Å²) in [6.45, 7) is 6.00. The number of hydrogen-bond donors (Lipinski definition) is 0. The summed E-state index contributed by atoms with van der Waals surface area (Å²) in [7, 11) is 0. The minimum Gasteiger partial charge on any atom is -0.474 e. The Labute approximate surface area is 223 Å². The number of pyridine rings is 1. The molecule has 38 heavy (non-hydrogen) atoms. The molecule has 3 fully saturated rings. The maximum atomic E-state index is 11.8. The van der Waals surface area contributed by atoms with Crippen LogP contribution in [0.5, 0.6) is 5.88 Å². The van der Waals surface area contributed by atoms with E-state index in [1.54, 1.807) is 0 Å². The standard InChI is InChI=1S/C31H35N3O4/c1-19-25-12-11-23-27(30(25,2)13-14-31(19)36-15-16-37-31)33-28(34-29(23)38-21-7-3-4-8-21)24-17-20(18-35)32-26-10-6-5-9-22(24)26/h5-6,9-10,17-19,21,25H,3-4,7-8,11-16H2,1-2H3/t19-,25-,30-/m1/s1. The highest BCUT2D eigenvalue weighted by atomic mass is 16.7. The third kappa shape index (κ3) is 3.69. The van der Waals surface area contributed by atoms with Gasteiger partial charge in [0.1, 0.15) is 11.8 Å². The Kier molecular flexibility index (Phi) is 5.78. The van der Waals surface area contributed by atoms with Gasteiger partial charge in [-0.05, 0) is 63.0 Å². The molecule has 1 saturated heterocycles. The lowest BCUT2D eigenvalue weighted by atomic mass is 9.55. The van der Waals surface area contributed by atoms with Crippen LogP contribution in [-0.2, 0) is 21.3 Å². The second-order valence-corrected chi connectivity index (χ2v) is 11.8. The molecule has 0 amide bonds. The average Bonchev–Trinajstić information content (AvgIpc) is 3.64. The van der Waals surface area contributed by atoms with Crippen molar-refractivity contribution in [2.45, 2.75) is 82.5 Å². The Morgan fingerprint density at radius 2 is 1.82 bits per heavy atom. The normalized spacial score (nSPS) is 28.4. The third-order valence-corrected chi connectivity index (χ3v) is 9.78. The Morgan fingerprint density at radius 1 is 1.03 bits per heavy atom. The van der Waals surface area contributed by atoms with Crippen LogP contribution in [-0.4, -0.2) is 46.3 Å². The number of nitrogens with zero attached hydrogens (tertiary/aromatic N) is 3. The minimum atomic E-state index is -0.471. The zero-order chi connectivity index (χ0) is 25.9. The molecule has 0 N–H and O–H groups in total.